The molecule has 0 fully saturated rings. The van der Waals surface area contributed by atoms with Crippen molar-refractivity contribution in [3.05, 3.63) is 64.6 Å². The van der Waals surface area contributed by atoms with Gasteiger partial charge in [-0.15, -0.1) is 11.8 Å². The summed E-state index contributed by atoms with van der Waals surface area (Å²) in [7, 11) is 0. The van der Waals surface area contributed by atoms with Gasteiger partial charge in [-0.2, -0.15) is 0 Å². The molecule has 20 heavy (non-hydrogen) atoms. The van der Waals surface area contributed by atoms with Crippen LogP contribution in [0.25, 0.3) is 0 Å². The Bertz CT molecular complexity index is 574. The zero-order valence-electron chi connectivity index (χ0n) is 11.2. The van der Waals surface area contributed by atoms with Crippen molar-refractivity contribution < 1.29 is 4.79 Å². The van der Waals surface area contributed by atoms with Crippen molar-refractivity contribution in [1.29, 1.82) is 0 Å². The zero-order chi connectivity index (χ0) is 14.4. The van der Waals surface area contributed by atoms with Gasteiger partial charge in [0, 0.05) is 15.9 Å². The van der Waals surface area contributed by atoms with Gasteiger partial charge in [0.1, 0.15) is 0 Å². The van der Waals surface area contributed by atoms with Gasteiger partial charge >= 0.3 is 0 Å². The fourth-order valence-electron chi connectivity index (χ4n) is 1.69. The average molecular weight is 350 g/mol. The molecule has 104 valence electrons. The minimum Gasteiger partial charge on any atom is -0.325 e. The Labute approximate surface area is 132 Å². The lowest BCUT2D eigenvalue weighted by molar-refractivity contribution is -0.115. The summed E-state index contributed by atoms with van der Waals surface area (Å²) in [6.45, 7) is 1.93. The van der Waals surface area contributed by atoms with Crippen LogP contribution in [0.3, 0.4) is 0 Å². The molecule has 0 aliphatic rings. The quantitative estimate of drug-likeness (QED) is 0.846. The summed E-state index contributed by atoms with van der Waals surface area (Å²) in [5.41, 5.74) is 2.05. The van der Waals surface area contributed by atoms with Crippen LogP contribution in [0.1, 0.15) is 12.5 Å². The van der Waals surface area contributed by atoms with Crippen LogP contribution in [0.15, 0.2) is 59.1 Å². The van der Waals surface area contributed by atoms with Gasteiger partial charge in [0.2, 0.25) is 5.91 Å². The van der Waals surface area contributed by atoms with E-state index in [2.05, 4.69) is 33.4 Å². The monoisotopic (exact) mass is 349 g/mol. The lowest BCUT2D eigenvalue weighted by Crippen LogP contribution is -2.22. The van der Waals surface area contributed by atoms with Crippen molar-refractivity contribution in [3.8, 4) is 0 Å². The maximum absolute atomic E-state index is 12.1. The first-order chi connectivity index (χ1) is 9.65. The molecule has 1 N–H and O–H groups in total. The standard InChI is InChI=1S/C16H16BrNOS/c1-12(16(19)18-15-8-3-2-4-9-15)20-11-13-6-5-7-14(17)10-13/h2-10,12H,11H2,1H3,(H,18,19). The van der Waals surface area contributed by atoms with Crippen molar-refractivity contribution in [2.24, 2.45) is 0 Å². The van der Waals surface area contributed by atoms with E-state index in [1.165, 1.54) is 5.56 Å². The number of hydrogen-bond acceptors (Lipinski definition) is 2. The molecule has 4 heteroatoms. The molecule has 2 aromatic carbocycles. The second-order valence-electron chi connectivity index (χ2n) is 4.44. The fourth-order valence-corrected chi connectivity index (χ4v) is 2.97. The third-order valence-corrected chi connectivity index (χ3v) is 4.51. The number of carbonyl (C=O) groups excluding carboxylic acids is 1. The summed E-state index contributed by atoms with van der Waals surface area (Å²) < 4.78 is 1.07. The Kier molecular flexibility index (Phi) is 5.68. The summed E-state index contributed by atoms with van der Waals surface area (Å²) in [6, 6.07) is 17.7. The molecule has 1 unspecified atom stereocenters. The molecule has 0 bridgehead atoms. The van der Waals surface area contributed by atoms with E-state index in [0.717, 1.165) is 15.9 Å². The van der Waals surface area contributed by atoms with Gasteiger partial charge in [0.25, 0.3) is 0 Å². The van der Waals surface area contributed by atoms with Gasteiger partial charge < -0.3 is 5.32 Å². The molecule has 2 rings (SSSR count). The molecule has 0 saturated carbocycles. The minimum atomic E-state index is -0.0887. The third kappa shape index (κ3) is 4.69. The Morgan fingerprint density at radius 3 is 2.65 bits per heavy atom. The number of thioether (sulfide) groups is 1. The van der Waals surface area contributed by atoms with Crippen molar-refractivity contribution in [1.82, 2.24) is 0 Å². The Morgan fingerprint density at radius 1 is 1.20 bits per heavy atom. The highest BCUT2D eigenvalue weighted by atomic mass is 79.9. The van der Waals surface area contributed by atoms with E-state index in [-0.39, 0.29) is 11.2 Å². The van der Waals surface area contributed by atoms with Gasteiger partial charge in [-0.25, -0.2) is 0 Å². The van der Waals surface area contributed by atoms with E-state index in [9.17, 15) is 4.79 Å². The smallest absolute Gasteiger partial charge is 0.237 e. The van der Waals surface area contributed by atoms with Crippen LogP contribution in [-0.4, -0.2) is 11.2 Å². The highest BCUT2D eigenvalue weighted by Gasteiger charge is 2.13. The number of anilines is 1. The summed E-state index contributed by atoms with van der Waals surface area (Å²) in [5, 5.41) is 2.83. The molecule has 0 saturated heterocycles. The first-order valence-electron chi connectivity index (χ1n) is 6.37. The van der Waals surface area contributed by atoms with Gasteiger partial charge in [0.05, 0.1) is 5.25 Å². The lowest BCUT2D eigenvalue weighted by atomic mass is 10.2. The molecular formula is C16H16BrNOS. The van der Waals surface area contributed by atoms with Gasteiger partial charge in [-0.3, -0.25) is 4.79 Å². The maximum atomic E-state index is 12.1. The van der Waals surface area contributed by atoms with Crippen molar-refractivity contribution >= 4 is 39.3 Å². The number of nitrogens with one attached hydrogen (secondary N) is 1. The SMILES string of the molecule is CC(SCc1cccc(Br)c1)C(=O)Nc1ccccc1. The van der Waals surface area contributed by atoms with Crippen molar-refractivity contribution in [2.45, 2.75) is 17.9 Å². The Morgan fingerprint density at radius 2 is 1.95 bits per heavy atom. The van der Waals surface area contributed by atoms with E-state index >= 15 is 0 Å². The van der Waals surface area contributed by atoms with E-state index < -0.39 is 0 Å². The van der Waals surface area contributed by atoms with E-state index in [0.29, 0.717) is 0 Å². The number of para-hydroxylation sites is 1. The van der Waals surface area contributed by atoms with Crippen LogP contribution in [-0.2, 0) is 10.5 Å². The van der Waals surface area contributed by atoms with E-state index in [1.807, 2.05) is 49.4 Å². The van der Waals surface area contributed by atoms with Gasteiger partial charge in [0.15, 0.2) is 0 Å². The molecular weight excluding hydrogens is 334 g/mol. The zero-order valence-corrected chi connectivity index (χ0v) is 13.6. The van der Waals surface area contributed by atoms with Crippen LogP contribution < -0.4 is 5.32 Å². The first-order valence-corrected chi connectivity index (χ1v) is 8.21. The Hall–Kier alpha value is -1.26. The molecule has 1 amide bonds. The van der Waals surface area contributed by atoms with Crippen molar-refractivity contribution in [2.75, 3.05) is 5.32 Å². The molecule has 0 heterocycles. The fraction of sp³-hybridized carbons (Fsp3) is 0.188. The molecule has 0 aliphatic carbocycles. The third-order valence-electron chi connectivity index (χ3n) is 2.80. The molecule has 1 atom stereocenters. The van der Waals surface area contributed by atoms with Crippen LogP contribution in [0.4, 0.5) is 5.69 Å². The number of hydrogen-bond donors (Lipinski definition) is 1. The number of halogens is 1. The molecule has 2 nitrogen and oxygen atoms in total. The summed E-state index contributed by atoms with van der Waals surface area (Å²) >= 11 is 5.09. The highest BCUT2D eigenvalue weighted by molar-refractivity contribution is 9.10. The van der Waals surface area contributed by atoms with Gasteiger partial charge in [-0.05, 0) is 36.8 Å². The van der Waals surface area contributed by atoms with Crippen LogP contribution >= 0.6 is 27.7 Å². The highest BCUT2D eigenvalue weighted by Crippen LogP contribution is 2.21. The predicted molar refractivity (Wildman–Crippen MR) is 90.0 cm³/mol. The molecule has 0 radical (unpaired) electrons. The van der Waals surface area contributed by atoms with Crippen LogP contribution in [0, 0.1) is 0 Å². The number of benzene rings is 2. The van der Waals surface area contributed by atoms with E-state index in [1.54, 1.807) is 11.8 Å². The van der Waals surface area contributed by atoms with Crippen LogP contribution in [0.2, 0.25) is 0 Å². The summed E-state index contributed by atoms with van der Waals surface area (Å²) in [4.78, 5) is 12.1. The molecule has 0 aliphatic heterocycles. The van der Waals surface area contributed by atoms with E-state index in [4.69, 9.17) is 0 Å². The summed E-state index contributed by atoms with van der Waals surface area (Å²) in [5.74, 6) is 0.860. The Balaban J connectivity index is 1.85. The number of rotatable bonds is 5. The molecule has 2 aromatic rings. The second-order valence-corrected chi connectivity index (χ2v) is 6.68. The maximum Gasteiger partial charge on any atom is 0.237 e. The average Bonchev–Trinajstić information content (AvgIpc) is 2.46. The normalized spacial score (nSPS) is 11.9. The number of carbonyl (C=O) groups is 1. The predicted octanol–water partition coefficient (Wildman–Crippen LogP) is 4.71. The topological polar surface area (TPSA) is 29.1 Å². The summed E-state index contributed by atoms with van der Waals surface area (Å²) in [6.07, 6.45) is 0. The van der Waals surface area contributed by atoms with Crippen molar-refractivity contribution in [3.63, 3.8) is 0 Å². The molecule has 0 aromatic heterocycles. The largest absolute Gasteiger partial charge is 0.325 e. The lowest BCUT2D eigenvalue weighted by Gasteiger charge is -2.12. The minimum absolute atomic E-state index is 0.0381. The van der Waals surface area contributed by atoms with Crippen LogP contribution in [0.5, 0.6) is 0 Å². The number of amides is 1. The van der Waals surface area contributed by atoms with Gasteiger partial charge in [-0.1, -0.05) is 46.3 Å². The first kappa shape index (κ1) is 15.1. The molecule has 0 spiro atoms. The second kappa shape index (κ2) is 7.50.